The van der Waals surface area contributed by atoms with Gasteiger partial charge in [0, 0.05) is 11.3 Å². The van der Waals surface area contributed by atoms with Crippen LogP contribution in [0.3, 0.4) is 0 Å². The van der Waals surface area contributed by atoms with Crippen molar-refractivity contribution in [2.75, 3.05) is 6.61 Å². The number of para-hydroxylation sites is 1. The number of aryl methyl sites for hydroxylation is 1. The molecule has 0 aliphatic heterocycles. The highest BCUT2D eigenvalue weighted by Crippen LogP contribution is 2.37. The third-order valence-electron chi connectivity index (χ3n) is 3.38. The van der Waals surface area contributed by atoms with Gasteiger partial charge < -0.3 is 9.84 Å². The molecule has 0 saturated heterocycles. The molecule has 0 saturated carbocycles. The second-order valence-corrected chi connectivity index (χ2v) is 6.37. The van der Waals surface area contributed by atoms with Crippen molar-refractivity contribution in [2.24, 2.45) is 0 Å². The van der Waals surface area contributed by atoms with Crippen molar-refractivity contribution in [3.05, 3.63) is 54.1 Å². The second-order valence-electron chi connectivity index (χ2n) is 5.26. The number of hydrogen-bond acceptors (Lipinski definition) is 3. The average Bonchev–Trinajstić information content (AvgIpc) is 2.55. The van der Waals surface area contributed by atoms with Gasteiger partial charge in [-0.2, -0.15) is 0 Å². The molecule has 0 spiro atoms. The first-order valence-electron chi connectivity index (χ1n) is 7.90. The molecule has 1 N–H and O–H groups in total. The van der Waals surface area contributed by atoms with Gasteiger partial charge in [0.25, 0.3) is 0 Å². The van der Waals surface area contributed by atoms with E-state index in [2.05, 4.69) is 19.1 Å². The zero-order chi connectivity index (χ0) is 16.5. The summed E-state index contributed by atoms with van der Waals surface area (Å²) in [7, 11) is 0. The molecular weight excluding hydrogens is 308 g/mol. The molecule has 0 amide bonds. The van der Waals surface area contributed by atoms with Gasteiger partial charge in [0.1, 0.15) is 5.75 Å². The molecule has 4 heteroatoms. The number of rotatable bonds is 9. The van der Waals surface area contributed by atoms with Gasteiger partial charge in [0.05, 0.1) is 11.5 Å². The highest BCUT2D eigenvalue weighted by Gasteiger charge is 2.12. The SMILES string of the molecule is CCCCOc1c(CCC(=O)O)cccc1Sc1ccccc1. The molecular formula is C19H22O3S. The van der Waals surface area contributed by atoms with E-state index in [1.165, 1.54) is 0 Å². The Labute approximate surface area is 141 Å². The summed E-state index contributed by atoms with van der Waals surface area (Å²) >= 11 is 1.65. The fourth-order valence-electron chi connectivity index (χ4n) is 2.18. The number of aliphatic carboxylic acids is 1. The minimum Gasteiger partial charge on any atom is -0.492 e. The Morgan fingerprint density at radius 3 is 2.61 bits per heavy atom. The van der Waals surface area contributed by atoms with Gasteiger partial charge >= 0.3 is 5.97 Å². The van der Waals surface area contributed by atoms with Gasteiger partial charge in [-0.25, -0.2) is 0 Å². The van der Waals surface area contributed by atoms with Crippen molar-refractivity contribution >= 4 is 17.7 Å². The molecule has 0 atom stereocenters. The van der Waals surface area contributed by atoms with Crippen molar-refractivity contribution in [1.29, 1.82) is 0 Å². The highest BCUT2D eigenvalue weighted by atomic mass is 32.2. The minimum atomic E-state index is -0.786. The Balaban J connectivity index is 2.23. The Bertz CT molecular complexity index is 626. The molecule has 0 aliphatic carbocycles. The van der Waals surface area contributed by atoms with Crippen LogP contribution < -0.4 is 4.74 Å². The maximum absolute atomic E-state index is 10.9. The van der Waals surface area contributed by atoms with Crippen LogP contribution >= 0.6 is 11.8 Å². The monoisotopic (exact) mass is 330 g/mol. The second kappa shape index (κ2) is 9.26. The van der Waals surface area contributed by atoms with Crippen molar-refractivity contribution < 1.29 is 14.6 Å². The zero-order valence-corrected chi connectivity index (χ0v) is 14.1. The molecule has 0 fully saturated rings. The molecule has 0 radical (unpaired) electrons. The van der Waals surface area contributed by atoms with Crippen molar-refractivity contribution in [3.8, 4) is 5.75 Å². The summed E-state index contributed by atoms with van der Waals surface area (Å²) in [5.74, 6) is 0.0432. The van der Waals surface area contributed by atoms with Crippen LogP contribution in [0.15, 0.2) is 58.3 Å². The lowest BCUT2D eigenvalue weighted by Gasteiger charge is -2.15. The van der Waals surface area contributed by atoms with Gasteiger partial charge in [0.15, 0.2) is 0 Å². The quantitative estimate of drug-likeness (QED) is 0.655. The molecule has 2 aromatic carbocycles. The fraction of sp³-hybridized carbons (Fsp3) is 0.316. The maximum Gasteiger partial charge on any atom is 0.303 e. The van der Waals surface area contributed by atoms with Crippen LogP contribution in [-0.4, -0.2) is 17.7 Å². The van der Waals surface area contributed by atoms with E-state index in [9.17, 15) is 4.79 Å². The van der Waals surface area contributed by atoms with Gasteiger partial charge in [0.2, 0.25) is 0 Å². The predicted molar refractivity (Wildman–Crippen MR) is 93.4 cm³/mol. The molecule has 23 heavy (non-hydrogen) atoms. The number of unbranched alkanes of at least 4 members (excludes halogenated alkanes) is 1. The Kier molecular flexibility index (Phi) is 7.01. The molecule has 0 heterocycles. The fourth-order valence-corrected chi connectivity index (χ4v) is 3.15. The summed E-state index contributed by atoms with van der Waals surface area (Å²) in [6.45, 7) is 2.78. The Hall–Kier alpha value is -1.94. The van der Waals surface area contributed by atoms with Gasteiger partial charge in [-0.05, 0) is 36.6 Å². The minimum absolute atomic E-state index is 0.115. The summed E-state index contributed by atoms with van der Waals surface area (Å²) in [5.41, 5.74) is 0.962. The van der Waals surface area contributed by atoms with Gasteiger partial charge in [-0.1, -0.05) is 55.4 Å². The van der Waals surface area contributed by atoms with Crippen LogP contribution in [0.25, 0.3) is 0 Å². The predicted octanol–water partition coefficient (Wildman–Crippen LogP) is 5.03. The number of carbonyl (C=O) groups is 1. The van der Waals surface area contributed by atoms with E-state index in [1.807, 2.05) is 36.4 Å². The summed E-state index contributed by atoms with van der Waals surface area (Å²) in [4.78, 5) is 13.1. The standard InChI is InChI=1S/C19H22O3S/c1-2-3-14-22-19-15(12-13-18(20)21)8-7-11-17(19)23-16-9-5-4-6-10-16/h4-11H,2-3,12-14H2,1H3,(H,20,21). The first-order chi connectivity index (χ1) is 11.2. The first-order valence-corrected chi connectivity index (χ1v) is 8.71. The first kappa shape index (κ1) is 17.4. The molecule has 0 aromatic heterocycles. The molecule has 0 aliphatic rings. The van der Waals surface area contributed by atoms with Crippen LogP contribution in [-0.2, 0) is 11.2 Å². The van der Waals surface area contributed by atoms with Crippen LogP contribution in [0.1, 0.15) is 31.7 Å². The topological polar surface area (TPSA) is 46.5 Å². The van der Waals surface area contributed by atoms with Crippen molar-refractivity contribution in [3.63, 3.8) is 0 Å². The van der Waals surface area contributed by atoms with E-state index in [-0.39, 0.29) is 6.42 Å². The lowest BCUT2D eigenvalue weighted by molar-refractivity contribution is -0.136. The number of hydrogen-bond donors (Lipinski definition) is 1. The molecule has 0 unspecified atom stereocenters. The number of benzene rings is 2. The third-order valence-corrected chi connectivity index (χ3v) is 4.43. The van der Waals surface area contributed by atoms with Crippen molar-refractivity contribution in [1.82, 2.24) is 0 Å². The maximum atomic E-state index is 10.9. The zero-order valence-electron chi connectivity index (χ0n) is 13.3. The summed E-state index contributed by atoms with van der Waals surface area (Å²) in [6.07, 6.45) is 2.66. The van der Waals surface area contributed by atoms with E-state index < -0.39 is 5.97 Å². The molecule has 0 bridgehead atoms. The van der Waals surface area contributed by atoms with E-state index >= 15 is 0 Å². The third kappa shape index (κ3) is 5.64. The van der Waals surface area contributed by atoms with E-state index in [1.54, 1.807) is 11.8 Å². The normalized spacial score (nSPS) is 10.5. The van der Waals surface area contributed by atoms with E-state index in [0.717, 1.165) is 33.9 Å². The summed E-state index contributed by atoms with van der Waals surface area (Å²) in [6, 6.07) is 16.1. The summed E-state index contributed by atoms with van der Waals surface area (Å²) in [5, 5.41) is 8.94. The smallest absolute Gasteiger partial charge is 0.303 e. The number of carboxylic acids is 1. The van der Waals surface area contributed by atoms with Crippen LogP contribution in [0.2, 0.25) is 0 Å². The average molecular weight is 330 g/mol. The summed E-state index contributed by atoms with van der Waals surface area (Å²) < 4.78 is 6.00. The lowest BCUT2D eigenvalue weighted by atomic mass is 10.1. The molecule has 2 aromatic rings. The lowest BCUT2D eigenvalue weighted by Crippen LogP contribution is -2.04. The van der Waals surface area contributed by atoms with Crippen LogP contribution in [0.4, 0.5) is 0 Å². The Morgan fingerprint density at radius 2 is 1.91 bits per heavy atom. The van der Waals surface area contributed by atoms with Gasteiger partial charge in [-0.15, -0.1) is 0 Å². The van der Waals surface area contributed by atoms with E-state index in [4.69, 9.17) is 9.84 Å². The van der Waals surface area contributed by atoms with Gasteiger partial charge in [-0.3, -0.25) is 4.79 Å². The molecule has 2 rings (SSSR count). The van der Waals surface area contributed by atoms with Crippen LogP contribution in [0, 0.1) is 0 Å². The largest absolute Gasteiger partial charge is 0.492 e. The number of carboxylic acid groups (broad SMARTS) is 1. The van der Waals surface area contributed by atoms with Crippen LogP contribution in [0.5, 0.6) is 5.75 Å². The highest BCUT2D eigenvalue weighted by molar-refractivity contribution is 7.99. The Morgan fingerprint density at radius 1 is 1.13 bits per heavy atom. The molecule has 122 valence electrons. The van der Waals surface area contributed by atoms with E-state index in [0.29, 0.717) is 13.0 Å². The van der Waals surface area contributed by atoms with Crippen molar-refractivity contribution in [2.45, 2.75) is 42.4 Å². The molecule has 3 nitrogen and oxygen atoms in total. The number of ether oxygens (including phenoxy) is 1.